The first-order valence-electron chi connectivity index (χ1n) is 9.66. The second-order valence-corrected chi connectivity index (χ2v) is 7.75. The molecule has 6 heteroatoms. The minimum Gasteiger partial charge on any atom is -0.352 e. The van der Waals surface area contributed by atoms with Crippen molar-refractivity contribution in [2.45, 2.75) is 45.6 Å². The number of carbonyl (C=O) groups is 1. The van der Waals surface area contributed by atoms with Crippen LogP contribution in [0.1, 0.15) is 39.5 Å². The van der Waals surface area contributed by atoms with E-state index in [1.807, 2.05) is 6.07 Å². The zero-order valence-electron chi connectivity index (χ0n) is 15.5. The fourth-order valence-electron chi connectivity index (χ4n) is 4.07. The molecule has 2 saturated heterocycles. The van der Waals surface area contributed by atoms with Crippen molar-refractivity contribution < 1.29 is 4.79 Å². The first-order valence-corrected chi connectivity index (χ1v) is 9.66. The Bertz CT molecular complexity index is 552. The van der Waals surface area contributed by atoms with Gasteiger partial charge in [-0.3, -0.25) is 4.79 Å². The van der Waals surface area contributed by atoms with E-state index in [2.05, 4.69) is 38.9 Å². The van der Waals surface area contributed by atoms with Crippen LogP contribution in [0, 0.1) is 11.8 Å². The zero-order chi connectivity index (χ0) is 17.6. The van der Waals surface area contributed by atoms with Gasteiger partial charge in [0, 0.05) is 44.6 Å². The van der Waals surface area contributed by atoms with Gasteiger partial charge in [0.05, 0.1) is 5.92 Å². The number of nitrogens with zero attached hydrogens (tertiary/aromatic N) is 4. The maximum Gasteiger partial charge on any atom is 0.225 e. The first kappa shape index (κ1) is 18.1. The Labute approximate surface area is 151 Å². The number of aromatic nitrogens is 2. The Kier molecular flexibility index (Phi) is 6.24. The van der Waals surface area contributed by atoms with Crippen molar-refractivity contribution in [3.8, 4) is 0 Å². The van der Waals surface area contributed by atoms with Crippen molar-refractivity contribution >= 4 is 11.9 Å². The fourth-order valence-corrected chi connectivity index (χ4v) is 4.07. The second kappa shape index (κ2) is 8.61. The molecule has 6 nitrogen and oxygen atoms in total. The molecule has 1 aromatic rings. The minimum atomic E-state index is 0.0280. The smallest absolute Gasteiger partial charge is 0.225 e. The number of nitrogens with one attached hydrogen (secondary N) is 1. The lowest BCUT2D eigenvalue weighted by molar-refractivity contribution is -0.126. The van der Waals surface area contributed by atoms with Gasteiger partial charge in [-0.15, -0.1) is 0 Å². The van der Waals surface area contributed by atoms with E-state index in [0.717, 1.165) is 50.9 Å². The Morgan fingerprint density at radius 3 is 2.76 bits per heavy atom. The van der Waals surface area contributed by atoms with Crippen LogP contribution in [-0.2, 0) is 4.79 Å². The number of hydrogen-bond donors (Lipinski definition) is 1. The molecule has 2 aliphatic heterocycles. The number of piperidine rings is 2. The summed E-state index contributed by atoms with van der Waals surface area (Å²) < 4.78 is 0. The summed E-state index contributed by atoms with van der Waals surface area (Å²) in [5.74, 6) is 1.71. The van der Waals surface area contributed by atoms with Crippen LogP contribution in [0.3, 0.4) is 0 Å². The summed E-state index contributed by atoms with van der Waals surface area (Å²) >= 11 is 0. The maximum absolute atomic E-state index is 12.7. The van der Waals surface area contributed by atoms with Gasteiger partial charge in [0.1, 0.15) is 0 Å². The monoisotopic (exact) mass is 345 g/mol. The second-order valence-electron chi connectivity index (χ2n) is 7.75. The van der Waals surface area contributed by atoms with Gasteiger partial charge in [0.2, 0.25) is 11.9 Å². The number of rotatable bonds is 5. The molecule has 1 amide bonds. The minimum absolute atomic E-state index is 0.0280. The lowest BCUT2D eigenvalue weighted by Crippen LogP contribution is -2.49. The summed E-state index contributed by atoms with van der Waals surface area (Å²) in [7, 11) is 0. The van der Waals surface area contributed by atoms with Crippen molar-refractivity contribution in [1.82, 2.24) is 20.2 Å². The third-order valence-electron chi connectivity index (χ3n) is 5.29. The standard InChI is InChI=1S/C19H31N5O/c1-15-6-3-10-23(12-15)13-16(2)22-18(25)17-7-4-11-24(14-17)19-20-8-5-9-21-19/h5,8-9,15-17H,3-4,6-7,10-14H2,1-2H3,(H,22,25)/t15-,16+,17-/m1/s1. The van der Waals surface area contributed by atoms with Crippen molar-refractivity contribution in [2.75, 3.05) is 37.6 Å². The van der Waals surface area contributed by atoms with E-state index in [0.29, 0.717) is 6.54 Å². The first-order chi connectivity index (χ1) is 12.1. The molecule has 0 spiro atoms. The fraction of sp³-hybridized carbons (Fsp3) is 0.737. The van der Waals surface area contributed by atoms with Gasteiger partial charge in [0.15, 0.2) is 0 Å². The summed E-state index contributed by atoms with van der Waals surface area (Å²) in [5.41, 5.74) is 0. The lowest BCUT2D eigenvalue weighted by Gasteiger charge is -2.35. The molecule has 0 saturated carbocycles. The predicted molar refractivity (Wildman–Crippen MR) is 99.4 cm³/mol. The van der Waals surface area contributed by atoms with Crippen molar-refractivity contribution in [3.63, 3.8) is 0 Å². The molecule has 3 heterocycles. The Morgan fingerprint density at radius 2 is 2.00 bits per heavy atom. The number of anilines is 1. The van der Waals surface area contributed by atoms with Gasteiger partial charge in [-0.1, -0.05) is 6.92 Å². The highest BCUT2D eigenvalue weighted by atomic mass is 16.2. The molecule has 25 heavy (non-hydrogen) atoms. The van der Waals surface area contributed by atoms with Crippen molar-refractivity contribution in [1.29, 1.82) is 0 Å². The zero-order valence-corrected chi connectivity index (χ0v) is 15.5. The number of hydrogen-bond acceptors (Lipinski definition) is 5. The predicted octanol–water partition coefficient (Wildman–Crippen LogP) is 1.93. The van der Waals surface area contributed by atoms with Crippen LogP contribution in [0.5, 0.6) is 0 Å². The molecule has 2 fully saturated rings. The molecule has 3 atom stereocenters. The van der Waals surface area contributed by atoms with E-state index in [9.17, 15) is 4.79 Å². The molecule has 1 aromatic heterocycles. The summed E-state index contributed by atoms with van der Waals surface area (Å²) in [6.07, 6.45) is 8.08. The summed E-state index contributed by atoms with van der Waals surface area (Å²) in [6, 6.07) is 2.02. The van der Waals surface area contributed by atoms with Crippen LogP contribution in [0.15, 0.2) is 18.5 Å². The third kappa shape index (κ3) is 5.14. The van der Waals surface area contributed by atoms with Gasteiger partial charge < -0.3 is 15.1 Å². The largest absolute Gasteiger partial charge is 0.352 e. The summed E-state index contributed by atoms with van der Waals surface area (Å²) in [5, 5.41) is 3.24. The van der Waals surface area contributed by atoms with Gasteiger partial charge in [-0.2, -0.15) is 0 Å². The molecule has 3 rings (SSSR count). The molecule has 0 aliphatic carbocycles. The molecule has 0 unspecified atom stereocenters. The van der Waals surface area contributed by atoms with Gasteiger partial charge in [0.25, 0.3) is 0 Å². The molecule has 0 aromatic carbocycles. The number of carbonyl (C=O) groups excluding carboxylic acids is 1. The molecule has 1 N–H and O–H groups in total. The number of likely N-dealkylation sites (tertiary alicyclic amines) is 1. The normalized spacial score (nSPS) is 26.2. The molecule has 0 radical (unpaired) electrons. The van der Waals surface area contributed by atoms with Crippen LogP contribution >= 0.6 is 0 Å². The highest BCUT2D eigenvalue weighted by Crippen LogP contribution is 2.20. The lowest BCUT2D eigenvalue weighted by atomic mass is 9.97. The van der Waals surface area contributed by atoms with Gasteiger partial charge >= 0.3 is 0 Å². The Morgan fingerprint density at radius 1 is 1.24 bits per heavy atom. The average molecular weight is 345 g/mol. The van der Waals surface area contributed by atoms with Crippen LogP contribution in [0.4, 0.5) is 5.95 Å². The summed E-state index contributed by atoms with van der Waals surface area (Å²) in [4.78, 5) is 26.0. The maximum atomic E-state index is 12.7. The third-order valence-corrected chi connectivity index (χ3v) is 5.29. The topological polar surface area (TPSA) is 61.4 Å². The van der Waals surface area contributed by atoms with Crippen molar-refractivity contribution in [2.24, 2.45) is 11.8 Å². The van der Waals surface area contributed by atoms with Gasteiger partial charge in [-0.25, -0.2) is 9.97 Å². The van der Waals surface area contributed by atoms with Crippen molar-refractivity contribution in [3.05, 3.63) is 18.5 Å². The van der Waals surface area contributed by atoms with E-state index in [1.165, 1.54) is 12.8 Å². The van der Waals surface area contributed by atoms with Gasteiger partial charge in [-0.05, 0) is 51.1 Å². The highest BCUT2D eigenvalue weighted by Gasteiger charge is 2.28. The highest BCUT2D eigenvalue weighted by molar-refractivity contribution is 5.79. The number of amides is 1. The molecule has 138 valence electrons. The quantitative estimate of drug-likeness (QED) is 0.883. The average Bonchev–Trinajstić information content (AvgIpc) is 2.62. The molecule has 2 aliphatic rings. The van der Waals surface area contributed by atoms with E-state index in [1.54, 1.807) is 12.4 Å². The van der Waals surface area contributed by atoms with E-state index < -0.39 is 0 Å². The van der Waals surface area contributed by atoms with Crippen LogP contribution < -0.4 is 10.2 Å². The molecule has 0 bridgehead atoms. The van der Waals surface area contributed by atoms with Crippen LogP contribution in [0.2, 0.25) is 0 Å². The molecular formula is C19H31N5O. The van der Waals surface area contributed by atoms with E-state index in [4.69, 9.17) is 0 Å². The van der Waals surface area contributed by atoms with E-state index >= 15 is 0 Å². The van der Waals surface area contributed by atoms with Crippen LogP contribution in [-0.4, -0.2) is 59.5 Å². The van der Waals surface area contributed by atoms with Crippen LogP contribution in [0.25, 0.3) is 0 Å². The Hall–Kier alpha value is -1.69. The Balaban J connectivity index is 1.48. The van der Waals surface area contributed by atoms with E-state index in [-0.39, 0.29) is 17.9 Å². The SMILES string of the molecule is C[C@@H]1CCCN(C[C@H](C)NC(=O)[C@@H]2CCCN(c3ncccn3)C2)C1. The summed E-state index contributed by atoms with van der Waals surface area (Å²) in [6.45, 7) is 9.35. The molecular weight excluding hydrogens is 314 g/mol.